The van der Waals surface area contributed by atoms with Crippen molar-refractivity contribution in [1.29, 1.82) is 0 Å². The number of anilines is 3. The molecule has 3 aliphatic rings. The molecule has 0 atom stereocenters. The summed E-state index contributed by atoms with van der Waals surface area (Å²) in [5.41, 5.74) is 14.0. The van der Waals surface area contributed by atoms with Gasteiger partial charge in [0, 0.05) is 33.4 Å². The minimum atomic E-state index is -0.803. The Morgan fingerprint density at radius 3 is 1.38 bits per heavy atom. The van der Waals surface area contributed by atoms with Crippen LogP contribution in [0.3, 0.4) is 0 Å². The molecule has 0 saturated heterocycles. The first-order valence-electron chi connectivity index (χ1n) is 15.6. The van der Waals surface area contributed by atoms with Crippen LogP contribution in [0.4, 0.5) is 17.1 Å². The number of nitrogens with zero attached hydrogens (tertiary/aromatic N) is 3. The van der Waals surface area contributed by atoms with Crippen LogP contribution in [0.25, 0.3) is 11.1 Å². The fourth-order valence-corrected chi connectivity index (χ4v) is 7.60. The molecule has 0 unspecified atom stereocenters. The number of hydrogen-bond donors (Lipinski definition) is 0. The zero-order valence-corrected chi connectivity index (χ0v) is 25.3. The Hall–Kier alpha value is -5.54. The van der Waals surface area contributed by atoms with E-state index in [4.69, 9.17) is 9.98 Å². The van der Waals surface area contributed by atoms with E-state index in [9.17, 15) is 0 Å². The maximum atomic E-state index is 5.56. The van der Waals surface area contributed by atoms with Crippen molar-refractivity contribution in [3.8, 4) is 11.1 Å². The molecule has 0 amide bonds. The van der Waals surface area contributed by atoms with E-state index in [1.54, 1.807) is 0 Å². The molecule has 1 aliphatic carbocycles. The van der Waals surface area contributed by atoms with Crippen molar-refractivity contribution in [2.24, 2.45) is 9.98 Å². The van der Waals surface area contributed by atoms with E-state index in [0.717, 1.165) is 39.4 Å². The zero-order valence-electron chi connectivity index (χ0n) is 25.3. The molecule has 3 heteroatoms. The van der Waals surface area contributed by atoms with Crippen molar-refractivity contribution in [3.63, 3.8) is 0 Å². The summed E-state index contributed by atoms with van der Waals surface area (Å²) in [6.45, 7) is 4.64. The van der Waals surface area contributed by atoms with E-state index in [-0.39, 0.29) is 5.41 Å². The van der Waals surface area contributed by atoms with Gasteiger partial charge >= 0.3 is 0 Å². The molecule has 6 aromatic rings. The fraction of sp³-hybridized carbons (Fsp3) is 0.0952. The highest BCUT2D eigenvalue weighted by molar-refractivity contribution is 6.54. The maximum absolute atomic E-state index is 5.56. The Bertz CT molecular complexity index is 2090. The predicted octanol–water partition coefficient (Wildman–Crippen LogP) is 9.97. The Labute approximate surface area is 263 Å². The number of benzene rings is 6. The molecule has 2 heterocycles. The van der Waals surface area contributed by atoms with Crippen LogP contribution in [-0.4, -0.2) is 11.4 Å². The fourth-order valence-electron chi connectivity index (χ4n) is 7.60. The van der Waals surface area contributed by atoms with Gasteiger partial charge in [-0.1, -0.05) is 141 Å². The molecule has 45 heavy (non-hydrogen) atoms. The largest absolute Gasteiger partial charge is 0.310 e. The van der Waals surface area contributed by atoms with Crippen LogP contribution in [0, 0.1) is 0 Å². The molecule has 214 valence electrons. The minimum absolute atomic E-state index is 0.0918. The van der Waals surface area contributed by atoms with E-state index in [1.165, 1.54) is 33.6 Å². The second kappa shape index (κ2) is 9.48. The standard InChI is InChI=1S/C42H31N3/c1-41(2)35-20-10-12-22-37(35)45(38-23-13-11-21-36(38)41)30-26-24-29(25-27-30)40-39(28-14-4-3-5-15-28)43-42(44-40)33-18-8-6-16-31(33)32-17-7-9-19-34(32)42/h3-27H,1-2H3. The summed E-state index contributed by atoms with van der Waals surface area (Å²) in [5.74, 6) is 0. The van der Waals surface area contributed by atoms with E-state index < -0.39 is 5.66 Å². The lowest BCUT2D eigenvalue weighted by atomic mass is 9.73. The van der Waals surface area contributed by atoms with E-state index in [0.29, 0.717) is 0 Å². The average Bonchev–Trinajstić information content (AvgIpc) is 3.63. The quantitative estimate of drug-likeness (QED) is 0.206. The molecule has 0 aromatic heterocycles. The molecule has 0 N–H and O–H groups in total. The van der Waals surface area contributed by atoms with Gasteiger partial charge < -0.3 is 4.90 Å². The summed E-state index contributed by atoms with van der Waals surface area (Å²) >= 11 is 0. The van der Waals surface area contributed by atoms with Crippen molar-refractivity contribution in [3.05, 3.63) is 185 Å². The summed E-state index contributed by atoms with van der Waals surface area (Å²) in [5, 5.41) is 0. The number of hydrogen-bond acceptors (Lipinski definition) is 3. The van der Waals surface area contributed by atoms with Crippen LogP contribution in [0.2, 0.25) is 0 Å². The molecule has 1 spiro atoms. The Balaban J connectivity index is 1.21. The van der Waals surface area contributed by atoms with Gasteiger partial charge in [0.05, 0.1) is 22.8 Å². The SMILES string of the molecule is CC1(C)c2ccccc2N(c2ccc(C3=NC4(N=C3c3ccccc3)c3ccccc3-c3ccccc34)cc2)c2ccccc21. The van der Waals surface area contributed by atoms with Gasteiger partial charge in [0.25, 0.3) is 0 Å². The second-order valence-electron chi connectivity index (χ2n) is 12.6. The van der Waals surface area contributed by atoms with E-state index in [1.807, 2.05) is 0 Å². The van der Waals surface area contributed by atoms with Crippen molar-refractivity contribution in [2.75, 3.05) is 4.90 Å². The van der Waals surface area contributed by atoms with Crippen molar-refractivity contribution >= 4 is 28.5 Å². The molecule has 0 saturated carbocycles. The number of para-hydroxylation sites is 2. The minimum Gasteiger partial charge on any atom is -0.310 e. The summed E-state index contributed by atoms with van der Waals surface area (Å²) in [6, 6.07) is 54.1. The van der Waals surface area contributed by atoms with Crippen LogP contribution >= 0.6 is 0 Å². The zero-order chi connectivity index (χ0) is 30.2. The molecule has 2 aliphatic heterocycles. The van der Waals surface area contributed by atoms with Gasteiger partial charge in [-0.05, 0) is 46.5 Å². The highest BCUT2D eigenvalue weighted by Gasteiger charge is 2.47. The van der Waals surface area contributed by atoms with Gasteiger partial charge in [0.2, 0.25) is 5.66 Å². The Morgan fingerprint density at radius 1 is 0.422 bits per heavy atom. The molecular weight excluding hydrogens is 546 g/mol. The molecule has 6 aromatic carbocycles. The number of fused-ring (bicyclic) bond motifs is 7. The lowest BCUT2D eigenvalue weighted by molar-refractivity contribution is 0.606. The predicted molar refractivity (Wildman–Crippen MR) is 185 cm³/mol. The third kappa shape index (κ3) is 3.64. The lowest BCUT2D eigenvalue weighted by Crippen LogP contribution is -2.30. The number of rotatable bonds is 3. The van der Waals surface area contributed by atoms with Crippen LogP contribution < -0.4 is 4.90 Å². The molecular formula is C42H31N3. The normalized spacial score (nSPS) is 16.4. The smallest absolute Gasteiger partial charge is 0.204 e. The maximum Gasteiger partial charge on any atom is 0.204 e. The molecule has 0 fully saturated rings. The van der Waals surface area contributed by atoms with Crippen molar-refractivity contribution < 1.29 is 0 Å². The molecule has 3 nitrogen and oxygen atoms in total. The van der Waals surface area contributed by atoms with Gasteiger partial charge in [0.15, 0.2) is 0 Å². The molecule has 0 radical (unpaired) electrons. The first-order valence-corrected chi connectivity index (χ1v) is 15.6. The molecule has 0 bridgehead atoms. The highest BCUT2D eigenvalue weighted by Crippen LogP contribution is 2.54. The summed E-state index contributed by atoms with van der Waals surface area (Å²) in [7, 11) is 0. The van der Waals surface area contributed by atoms with E-state index >= 15 is 0 Å². The third-order valence-corrected chi connectivity index (χ3v) is 9.75. The van der Waals surface area contributed by atoms with Crippen LogP contribution in [0.1, 0.15) is 47.2 Å². The van der Waals surface area contributed by atoms with E-state index in [2.05, 4.69) is 170 Å². The van der Waals surface area contributed by atoms with Crippen molar-refractivity contribution in [2.45, 2.75) is 24.9 Å². The average molecular weight is 578 g/mol. The van der Waals surface area contributed by atoms with Gasteiger partial charge in [-0.25, -0.2) is 9.98 Å². The van der Waals surface area contributed by atoms with Crippen molar-refractivity contribution in [1.82, 2.24) is 0 Å². The number of aliphatic imine (C=N–C) groups is 2. The summed E-state index contributed by atoms with van der Waals surface area (Å²) < 4.78 is 0. The monoisotopic (exact) mass is 577 g/mol. The van der Waals surface area contributed by atoms with Gasteiger partial charge in [-0.3, -0.25) is 0 Å². The van der Waals surface area contributed by atoms with Crippen LogP contribution in [0.15, 0.2) is 162 Å². The van der Waals surface area contributed by atoms with Crippen LogP contribution in [-0.2, 0) is 11.1 Å². The third-order valence-electron chi connectivity index (χ3n) is 9.75. The first-order chi connectivity index (χ1) is 22.1. The lowest BCUT2D eigenvalue weighted by Gasteiger charge is -2.42. The second-order valence-corrected chi connectivity index (χ2v) is 12.6. The van der Waals surface area contributed by atoms with Gasteiger partial charge in [-0.15, -0.1) is 0 Å². The first kappa shape index (κ1) is 25.9. The van der Waals surface area contributed by atoms with Gasteiger partial charge in [0.1, 0.15) is 0 Å². The van der Waals surface area contributed by atoms with Gasteiger partial charge in [-0.2, -0.15) is 0 Å². The topological polar surface area (TPSA) is 28.0 Å². The summed E-state index contributed by atoms with van der Waals surface area (Å²) in [6.07, 6.45) is 0. The Kier molecular flexibility index (Phi) is 5.46. The highest BCUT2D eigenvalue weighted by atomic mass is 15.2. The molecule has 9 rings (SSSR count). The summed E-state index contributed by atoms with van der Waals surface area (Å²) in [4.78, 5) is 13.5. The van der Waals surface area contributed by atoms with Crippen LogP contribution in [0.5, 0.6) is 0 Å². The Morgan fingerprint density at radius 2 is 0.844 bits per heavy atom.